The molecular weight excluding hydrogens is 337 g/mol. The zero-order valence-electron chi connectivity index (χ0n) is 9.61. The maximum atomic E-state index is 13.0. The van der Waals surface area contributed by atoms with Gasteiger partial charge in [-0.25, -0.2) is 4.98 Å². The number of nitriles is 2. The zero-order chi connectivity index (χ0) is 14.9. The fraction of sp³-hybridized carbons (Fsp3) is 0.0833. The van der Waals surface area contributed by atoms with Crippen LogP contribution in [0.25, 0.3) is 5.69 Å². The topological polar surface area (TPSA) is 65.4 Å². The molecule has 0 radical (unpaired) electrons. The summed E-state index contributed by atoms with van der Waals surface area (Å²) in [5.74, 6) is 0. The molecule has 0 aliphatic rings. The normalized spacial score (nSPS) is 10.9. The van der Waals surface area contributed by atoms with Crippen molar-refractivity contribution in [2.24, 2.45) is 0 Å². The first-order valence-corrected chi connectivity index (χ1v) is 5.92. The van der Waals surface area contributed by atoms with Gasteiger partial charge in [0.2, 0.25) is 0 Å². The summed E-state index contributed by atoms with van der Waals surface area (Å²) in [7, 11) is 0. The summed E-state index contributed by atoms with van der Waals surface area (Å²) in [6.45, 7) is 0. The molecule has 8 heteroatoms. The van der Waals surface area contributed by atoms with E-state index in [4.69, 9.17) is 10.5 Å². The van der Waals surface area contributed by atoms with Crippen LogP contribution in [0.15, 0.2) is 29.0 Å². The van der Waals surface area contributed by atoms with E-state index in [1.165, 1.54) is 12.1 Å². The van der Waals surface area contributed by atoms with Crippen molar-refractivity contribution in [1.82, 2.24) is 9.55 Å². The predicted molar refractivity (Wildman–Crippen MR) is 65.7 cm³/mol. The molecule has 0 aliphatic heterocycles. The number of aromatic nitrogens is 2. The summed E-state index contributed by atoms with van der Waals surface area (Å²) in [4.78, 5) is 3.63. The van der Waals surface area contributed by atoms with Gasteiger partial charge in [-0.2, -0.15) is 23.7 Å². The van der Waals surface area contributed by atoms with Crippen molar-refractivity contribution in [3.63, 3.8) is 0 Å². The van der Waals surface area contributed by atoms with E-state index in [1.807, 2.05) is 0 Å². The van der Waals surface area contributed by atoms with Crippen molar-refractivity contribution in [2.75, 3.05) is 0 Å². The fourth-order valence-electron chi connectivity index (χ4n) is 1.66. The number of halogens is 4. The number of hydrogen-bond donors (Lipinski definition) is 0. The Bertz CT molecular complexity index is 750. The Morgan fingerprint density at radius 1 is 1.20 bits per heavy atom. The minimum absolute atomic E-state index is 0.222. The molecule has 2 rings (SSSR count). The third kappa shape index (κ3) is 2.38. The molecule has 1 aromatic carbocycles. The van der Waals surface area contributed by atoms with E-state index in [-0.39, 0.29) is 17.1 Å². The van der Waals surface area contributed by atoms with Crippen molar-refractivity contribution >= 4 is 15.9 Å². The maximum Gasteiger partial charge on any atom is 0.418 e. The Hall–Kier alpha value is -2.32. The van der Waals surface area contributed by atoms with Crippen molar-refractivity contribution in [1.29, 1.82) is 10.5 Å². The number of rotatable bonds is 1. The molecule has 0 fully saturated rings. The second-order valence-corrected chi connectivity index (χ2v) is 4.61. The molecule has 0 N–H and O–H groups in total. The molecule has 100 valence electrons. The van der Waals surface area contributed by atoms with Gasteiger partial charge in [0, 0.05) is 4.47 Å². The first kappa shape index (κ1) is 14.1. The highest BCUT2D eigenvalue weighted by Gasteiger charge is 2.34. The summed E-state index contributed by atoms with van der Waals surface area (Å²) < 4.78 is 40.3. The van der Waals surface area contributed by atoms with Gasteiger partial charge in [-0.15, -0.1) is 0 Å². The quantitative estimate of drug-likeness (QED) is 0.799. The Morgan fingerprint density at radius 3 is 2.45 bits per heavy atom. The Balaban J connectivity index is 2.77. The van der Waals surface area contributed by atoms with Crippen LogP contribution in [0.5, 0.6) is 0 Å². The van der Waals surface area contributed by atoms with Crippen molar-refractivity contribution in [2.45, 2.75) is 6.18 Å². The van der Waals surface area contributed by atoms with Crippen LogP contribution in [-0.4, -0.2) is 9.55 Å². The van der Waals surface area contributed by atoms with E-state index in [0.717, 1.165) is 17.0 Å². The molecule has 0 spiro atoms. The molecular formula is C12H4BrF3N4. The van der Waals surface area contributed by atoms with Crippen LogP contribution < -0.4 is 0 Å². The maximum absolute atomic E-state index is 13.0. The molecule has 0 saturated carbocycles. The Labute approximate surface area is 119 Å². The summed E-state index contributed by atoms with van der Waals surface area (Å²) in [5.41, 5.74) is -1.65. The highest BCUT2D eigenvalue weighted by Crippen LogP contribution is 2.35. The molecule has 2 aromatic rings. The third-order valence-corrected chi connectivity index (χ3v) is 3.00. The van der Waals surface area contributed by atoms with Crippen LogP contribution in [0.1, 0.15) is 17.0 Å². The zero-order valence-corrected chi connectivity index (χ0v) is 11.2. The first-order valence-electron chi connectivity index (χ1n) is 5.13. The second-order valence-electron chi connectivity index (χ2n) is 3.69. The molecule has 0 amide bonds. The van der Waals surface area contributed by atoms with Gasteiger partial charge in [0.05, 0.1) is 11.3 Å². The lowest BCUT2D eigenvalue weighted by atomic mass is 10.1. The van der Waals surface area contributed by atoms with Gasteiger partial charge in [0.15, 0.2) is 11.4 Å². The van der Waals surface area contributed by atoms with E-state index in [0.29, 0.717) is 4.47 Å². The van der Waals surface area contributed by atoms with Crippen LogP contribution in [-0.2, 0) is 6.18 Å². The highest BCUT2D eigenvalue weighted by molar-refractivity contribution is 9.10. The Morgan fingerprint density at radius 2 is 1.90 bits per heavy atom. The van der Waals surface area contributed by atoms with Crippen LogP contribution in [0.4, 0.5) is 13.2 Å². The van der Waals surface area contributed by atoms with Crippen LogP contribution in [0.2, 0.25) is 0 Å². The van der Waals surface area contributed by atoms with Gasteiger partial charge in [-0.3, -0.25) is 4.57 Å². The smallest absolute Gasteiger partial charge is 0.289 e. The number of imidazole rings is 1. The molecule has 0 atom stereocenters. The lowest BCUT2D eigenvalue weighted by Crippen LogP contribution is -2.11. The number of hydrogen-bond acceptors (Lipinski definition) is 3. The van der Waals surface area contributed by atoms with E-state index in [9.17, 15) is 13.2 Å². The van der Waals surface area contributed by atoms with Gasteiger partial charge in [0.25, 0.3) is 0 Å². The van der Waals surface area contributed by atoms with Gasteiger partial charge in [-0.1, -0.05) is 15.9 Å². The Kier molecular flexibility index (Phi) is 3.51. The SMILES string of the molecule is N#Cc1ncn(-c2cc(Br)ccc2C(F)(F)F)c1C#N. The number of nitrogens with zero attached hydrogens (tertiary/aromatic N) is 4. The average molecular weight is 341 g/mol. The number of benzene rings is 1. The van der Waals surface area contributed by atoms with E-state index < -0.39 is 11.7 Å². The molecule has 0 bridgehead atoms. The molecule has 4 nitrogen and oxygen atoms in total. The first-order chi connectivity index (χ1) is 9.38. The lowest BCUT2D eigenvalue weighted by molar-refractivity contribution is -0.137. The molecule has 1 heterocycles. The van der Waals surface area contributed by atoms with E-state index in [2.05, 4.69) is 20.9 Å². The third-order valence-electron chi connectivity index (χ3n) is 2.50. The molecule has 0 aliphatic carbocycles. The predicted octanol–water partition coefficient (Wildman–Crippen LogP) is 3.40. The van der Waals surface area contributed by atoms with Crippen molar-refractivity contribution in [3.05, 3.63) is 46.0 Å². The average Bonchev–Trinajstić information content (AvgIpc) is 2.79. The van der Waals surface area contributed by atoms with Gasteiger partial charge < -0.3 is 0 Å². The standard InChI is InChI=1S/C12H4BrF3N4/c13-7-1-2-8(12(14,15)16)10(3-7)20-6-19-9(4-17)11(20)5-18/h1-3,6H. The van der Waals surface area contributed by atoms with Crippen molar-refractivity contribution in [3.8, 4) is 17.8 Å². The summed E-state index contributed by atoms with van der Waals surface area (Å²) in [6, 6.07) is 6.71. The van der Waals surface area contributed by atoms with Crippen LogP contribution >= 0.6 is 15.9 Å². The van der Waals surface area contributed by atoms with Gasteiger partial charge in [0.1, 0.15) is 18.5 Å². The largest absolute Gasteiger partial charge is 0.418 e. The minimum Gasteiger partial charge on any atom is -0.289 e. The van der Waals surface area contributed by atoms with Crippen LogP contribution in [0, 0.1) is 22.7 Å². The van der Waals surface area contributed by atoms with Gasteiger partial charge in [-0.05, 0) is 18.2 Å². The summed E-state index contributed by atoms with van der Waals surface area (Å²) in [5, 5.41) is 17.8. The fourth-order valence-corrected chi connectivity index (χ4v) is 2.01. The minimum atomic E-state index is -4.58. The monoisotopic (exact) mass is 340 g/mol. The van der Waals surface area contributed by atoms with Crippen molar-refractivity contribution < 1.29 is 13.2 Å². The molecule has 20 heavy (non-hydrogen) atoms. The summed E-state index contributed by atoms with van der Waals surface area (Å²) in [6.07, 6.45) is -3.56. The highest BCUT2D eigenvalue weighted by atomic mass is 79.9. The second kappa shape index (κ2) is 4.99. The van der Waals surface area contributed by atoms with Gasteiger partial charge >= 0.3 is 6.18 Å². The molecule has 0 saturated heterocycles. The van der Waals surface area contributed by atoms with E-state index in [1.54, 1.807) is 12.1 Å². The summed E-state index contributed by atoms with van der Waals surface area (Å²) >= 11 is 3.08. The van der Waals surface area contributed by atoms with E-state index >= 15 is 0 Å². The number of alkyl halides is 3. The lowest BCUT2D eigenvalue weighted by Gasteiger charge is -2.14. The molecule has 0 unspecified atom stereocenters. The van der Waals surface area contributed by atoms with Crippen LogP contribution in [0.3, 0.4) is 0 Å². The molecule has 1 aromatic heterocycles.